The average Bonchev–Trinajstić information content (AvgIpc) is 2.60. The molecule has 3 rings (SSSR count). The predicted octanol–water partition coefficient (Wildman–Crippen LogP) is 2.23. The summed E-state index contributed by atoms with van der Waals surface area (Å²) in [5.74, 6) is 0. The zero-order chi connectivity index (χ0) is 12.4. The number of nitrogens with one attached hydrogen (secondary N) is 1. The Morgan fingerprint density at radius 1 is 1.00 bits per heavy atom. The van der Waals surface area contributed by atoms with Crippen molar-refractivity contribution in [3.05, 3.63) is 65.7 Å². The zero-order valence-electron chi connectivity index (χ0n) is 10.0. The Morgan fingerprint density at radius 2 is 1.72 bits per heavy atom. The zero-order valence-corrected chi connectivity index (χ0v) is 10.0. The number of benzodiazepines with no additional fused rings is 1. The predicted molar refractivity (Wildman–Crippen MR) is 75.0 cm³/mol. The topological polar surface area (TPSA) is 50.4 Å². The Labute approximate surface area is 106 Å². The van der Waals surface area contributed by atoms with Gasteiger partial charge in [0.15, 0.2) is 0 Å². The number of fused-ring (bicyclic) bond motifs is 1. The van der Waals surface area contributed by atoms with Gasteiger partial charge in [0.05, 0.1) is 12.3 Å². The van der Waals surface area contributed by atoms with Crippen molar-refractivity contribution in [2.24, 2.45) is 10.7 Å². The minimum Gasteiger partial charge on any atom is -0.381 e. The molecule has 2 aromatic carbocycles. The first kappa shape index (κ1) is 11.0. The highest BCUT2D eigenvalue weighted by Crippen LogP contribution is 2.22. The summed E-state index contributed by atoms with van der Waals surface area (Å²) in [4.78, 5) is 4.62. The van der Waals surface area contributed by atoms with Crippen molar-refractivity contribution < 1.29 is 0 Å². The van der Waals surface area contributed by atoms with Gasteiger partial charge >= 0.3 is 0 Å². The van der Waals surface area contributed by atoms with E-state index in [-0.39, 0.29) is 6.17 Å². The lowest BCUT2D eigenvalue weighted by atomic mass is 10.0. The third kappa shape index (κ3) is 2.00. The third-order valence-electron chi connectivity index (χ3n) is 3.03. The molecule has 1 aliphatic heterocycles. The molecule has 0 aromatic heterocycles. The van der Waals surface area contributed by atoms with Crippen LogP contribution in [0.25, 0.3) is 0 Å². The fourth-order valence-corrected chi connectivity index (χ4v) is 2.17. The van der Waals surface area contributed by atoms with E-state index in [9.17, 15) is 0 Å². The van der Waals surface area contributed by atoms with Gasteiger partial charge in [0.1, 0.15) is 6.17 Å². The number of nitrogens with two attached hydrogens (primary N) is 1. The number of aliphatic imine (C=N–C) groups is 1. The summed E-state index contributed by atoms with van der Waals surface area (Å²) in [5.41, 5.74) is 10.3. The molecule has 0 spiro atoms. The molecule has 2 aromatic rings. The van der Waals surface area contributed by atoms with E-state index >= 15 is 0 Å². The number of para-hydroxylation sites is 1. The van der Waals surface area contributed by atoms with Crippen molar-refractivity contribution >= 4 is 11.4 Å². The number of benzene rings is 2. The van der Waals surface area contributed by atoms with Crippen LogP contribution in [0.15, 0.2) is 59.6 Å². The molecule has 1 heterocycles. The van der Waals surface area contributed by atoms with Crippen LogP contribution in [0.2, 0.25) is 0 Å². The molecule has 1 aliphatic rings. The van der Waals surface area contributed by atoms with Crippen molar-refractivity contribution in [3.8, 4) is 0 Å². The van der Waals surface area contributed by atoms with Crippen LogP contribution in [0.4, 0.5) is 5.69 Å². The monoisotopic (exact) mass is 237 g/mol. The molecule has 1 unspecified atom stereocenters. The van der Waals surface area contributed by atoms with Gasteiger partial charge in [-0.1, -0.05) is 48.5 Å². The van der Waals surface area contributed by atoms with Gasteiger partial charge < -0.3 is 11.1 Å². The van der Waals surface area contributed by atoms with Gasteiger partial charge in [-0.25, -0.2) is 0 Å². The normalized spacial score (nSPS) is 18.3. The van der Waals surface area contributed by atoms with Crippen LogP contribution in [-0.4, -0.2) is 18.4 Å². The van der Waals surface area contributed by atoms with E-state index < -0.39 is 0 Å². The molecule has 3 nitrogen and oxygen atoms in total. The highest BCUT2D eigenvalue weighted by atomic mass is 15.0. The number of hydrogen-bond acceptors (Lipinski definition) is 3. The Morgan fingerprint density at radius 3 is 2.56 bits per heavy atom. The Hall–Kier alpha value is -2.13. The first-order chi connectivity index (χ1) is 8.84. The van der Waals surface area contributed by atoms with E-state index in [0.717, 1.165) is 22.5 Å². The summed E-state index contributed by atoms with van der Waals surface area (Å²) >= 11 is 0. The number of hydrogen-bond donors (Lipinski definition) is 2. The Kier molecular flexibility index (Phi) is 2.82. The number of anilines is 1. The lowest BCUT2D eigenvalue weighted by Gasteiger charge is -2.09. The van der Waals surface area contributed by atoms with Crippen LogP contribution in [0, 0.1) is 0 Å². The molecule has 0 saturated heterocycles. The highest BCUT2D eigenvalue weighted by Gasteiger charge is 2.16. The van der Waals surface area contributed by atoms with Crippen LogP contribution in [-0.2, 0) is 0 Å². The second kappa shape index (κ2) is 4.63. The lowest BCUT2D eigenvalue weighted by molar-refractivity contribution is 0.750. The molecule has 0 fully saturated rings. The van der Waals surface area contributed by atoms with Crippen molar-refractivity contribution in [1.82, 2.24) is 0 Å². The second-order valence-corrected chi connectivity index (χ2v) is 4.34. The fourth-order valence-electron chi connectivity index (χ4n) is 2.17. The summed E-state index contributed by atoms with van der Waals surface area (Å²) in [5, 5.41) is 3.34. The van der Waals surface area contributed by atoms with Gasteiger partial charge in [0, 0.05) is 16.8 Å². The van der Waals surface area contributed by atoms with Crippen LogP contribution in [0.5, 0.6) is 0 Å². The summed E-state index contributed by atoms with van der Waals surface area (Å²) in [6.45, 7) is 0.660. The number of nitrogens with zero attached hydrogens (tertiary/aromatic N) is 1. The molecule has 0 saturated carbocycles. The first-order valence-electron chi connectivity index (χ1n) is 6.06. The molecule has 1 atom stereocenters. The van der Waals surface area contributed by atoms with E-state index in [1.807, 2.05) is 30.3 Å². The standard InChI is InChI=1S/C15H15N3/c16-14-10-17-13-9-5-4-8-12(13)15(18-14)11-6-2-1-3-7-11/h1-9,14,17H,10,16H2. The van der Waals surface area contributed by atoms with Crippen LogP contribution < -0.4 is 11.1 Å². The minimum absolute atomic E-state index is 0.215. The summed E-state index contributed by atoms with van der Waals surface area (Å²) < 4.78 is 0. The van der Waals surface area contributed by atoms with E-state index in [0.29, 0.717) is 6.54 Å². The van der Waals surface area contributed by atoms with Gasteiger partial charge in [0.25, 0.3) is 0 Å². The maximum atomic E-state index is 5.99. The van der Waals surface area contributed by atoms with Gasteiger partial charge in [-0.2, -0.15) is 0 Å². The average molecular weight is 237 g/mol. The summed E-state index contributed by atoms with van der Waals surface area (Å²) in [6.07, 6.45) is -0.215. The van der Waals surface area contributed by atoms with Crippen LogP contribution in [0.3, 0.4) is 0 Å². The van der Waals surface area contributed by atoms with E-state index in [1.165, 1.54) is 0 Å². The molecule has 90 valence electrons. The van der Waals surface area contributed by atoms with Gasteiger partial charge in [-0.05, 0) is 6.07 Å². The lowest BCUT2D eigenvalue weighted by Crippen LogP contribution is -2.26. The van der Waals surface area contributed by atoms with Gasteiger partial charge in [-0.3, -0.25) is 4.99 Å². The van der Waals surface area contributed by atoms with Gasteiger partial charge in [0.2, 0.25) is 0 Å². The molecule has 0 bridgehead atoms. The third-order valence-corrected chi connectivity index (χ3v) is 3.03. The largest absolute Gasteiger partial charge is 0.381 e. The van der Waals surface area contributed by atoms with E-state index in [4.69, 9.17) is 5.73 Å². The van der Waals surface area contributed by atoms with Crippen molar-refractivity contribution in [2.45, 2.75) is 6.17 Å². The van der Waals surface area contributed by atoms with Crippen LogP contribution in [0.1, 0.15) is 11.1 Å². The van der Waals surface area contributed by atoms with Crippen LogP contribution >= 0.6 is 0 Å². The van der Waals surface area contributed by atoms with E-state index in [1.54, 1.807) is 0 Å². The minimum atomic E-state index is -0.215. The maximum Gasteiger partial charge on any atom is 0.115 e. The SMILES string of the molecule is NC1CNc2ccccc2C(c2ccccc2)=N1. The first-order valence-corrected chi connectivity index (χ1v) is 6.06. The quantitative estimate of drug-likeness (QED) is 0.799. The highest BCUT2D eigenvalue weighted by molar-refractivity contribution is 6.16. The van der Waals surface area contributed by atoms with Crippen molar-refractivity contribution in [2.75, 3.05) is 11.9 Å². The van der Waals surface area contributed by atoms with Crippen molar-refractivity contribution in [1.29, 1.82) is 0 Å². The van der Waals surface area contributed by atoms with Crippen molar-refractivity contribution in [3.63, 3.8) is 0 Å². The molecule has 3 heteroatoms. The molecule has 18 heavy (non-hydrogen) atoms. The number of rotatable bonds is 1. The molecular weight excluding hydrogens is 222 g/mol. The smallest absolute Gasteiger partial charge is 0.115 e. The molecule has 3 N–H and O–H groups in total. The molecular formula is C15H15N3. The molecule has 0 aliphatic carbocycles. The van der Waals surface area contributed by atoms with Gasteiger partial charge in [-0.15, -0.1) is 0 Å². The molecule has 0 amide bonds. The molecule has 0 radical (unpaired) electrons. The maximum absolute atomic E-state index is 5.99. The fraction of sp³-hybridized carbons (Fsp3) is 0.133. The Bertz CT molecular complexity index is 575. The second-order valence-electron chi connectivity index (χ2n) is 4.34. The van der Waals surface area contributed by atoms with E-state index in [2.05, 4.69) is 34.6 Å². The Balaban J connectivity index is 2.16. The summed E-state index contributed by atoms with van der Waals surface area (Å²) in [6, 6.07) is 18.3. The summed E-state index contributed by atoms with van der Waals surface area (Å²) in [7, 11) is 0.